The van der Waals surface area contributed by atoms with Crippen LogP contribution in [0.3, 0.4) is 0 Å². The van der Waals surface area contributed by atoms with E-state index < -0.39 is 0 Å². The van der Waals surface area contributed by atoms with E-state index >= 15 is 0 Å². The fourth-order valence-electron chi connectivity index (χ4n) is 2.70. The number of hydrogen-bond acceptors (Lipinski definition) is 4. The predicted octanol–water partition coefficient (Wildman–Crippen LogP) is 1.91. The number of aliphatic hydroxyl groups is 1. The zero-order valence-electron chi connectivity index (χ0n) is 13.6. The van der Waals surface area contributed by atoms with Crippen LogP contribution in [0.15, 0.2) is 30.3 Å². The predicted molar refractivity (Wildman–Crippen MR) is 87.4 cm³/mol. The van der Waals surface area contributed by atoms with Crippen LogP contribution < -0.4 is 5.32 Å². The highest BCUT2D eigenvalue weighted by Crippen LogP contribution is 2.22. The third-order valence-corrected chi connectivity index (χ3v) is 3.73. The topological polar surface area (TPSA) is 44.7 Å². The zero-order valence-corrected chi connectivity index (χ0v) is 13.6. The second-order valence-corrected chi connectivity index (χ2v) is 5.44. The Morgan fingerprint density at radius 3 is 2.52 bits per heavy atom. The number of nitrogens with zero attached hydrogens (tertiary/aromatic N) is 1. The Balaban J connectivity index is 2.68. The quantitative estimate of drug-likeness (QED) is 0.654. The van der Waals surface area contributed by atoms with Gasteiger partial charge in [0.2, 0.25) is 0 Å². The third-order valence-electron chi connectivity index (χ3n) is 3.73. The summed E-state index contributed by atoms with van der Waals surface area (Å²) in [5.74, 6) is 0.454. The molecule has 21 heavy (non-hydrogen) atoms. The highest BCUT2D eigenvalue weighted by molar-refractivity contribution is 5.19. The SMILES string of the molecule is CCNC(c1ccccc1)C(C)CN(CCO)CCOC. The molecule has 0 saturated carbocycles. The molecular weight excluding hydrogens is 264 g/mol. The summed E-state index contributed by atoms with van der Waals surface area (Å²) >= 11 is 0. The molecule has 0 aliphatic carbocycles. The van der Waals surface area contributed by atoms with Crippen molar-refractivity contribution < 1.29 is 9.84 Å². The minimum atomic E-state index is 0.188. The van der Waals surface area contributed by atoms with Gasteiger partial charge >= 0.3 is 0 Å². The van der Waals surface area contributed by atoms with E-state index in [1.807, 2.05) is 6.07 Å². The molecule has 0 spiro atoms. The molecule has 1 aromatic carbocycles. The molecule has 4 heteroatoms. The summed E-state index contributed by atoms with van der Waals surface area (Å²) in [5.41, 5.74) is 1.32. The van der Waals surface area contributed by atoms with Crippen LogP contribution in [0.5, 0.6) is 0 Å². The molecule has 120 valence electrons. The summed E-state index contributed by atoms with van der Waals surface area (Å²) in [5, 5.41) is 12.8. The lowest BCUT2D eigenvalue weighted by molar-refractivity contribution is 0.115. The van der Waals surface area contributed by atoms with Crippen molar-refractivity contribution >= 4 is 0 Å². The minimum absolute atomic E-state index is 0.188. The summed E-state index contributed by atoms with van der Waals surface area (Å²) in [6, 6.07) is 10.9. The second kappa shape index (κ2) is 10.7. The van der Waals surface area contributed by atoms with Gasteiger partial charge in [0.05, 0.1) is 13.2 Å². The van der Waals surface area contributed by atoms with Crippen molar-refractivity contribution in [1.29, 1.82) is 0 Å². The van der Waals surface area contributed by atoms with Crippen LogP contribution in [0.1, 0.15) is 25.5 Å². The maximum absolute atomic E-state index is 9.21. The maximum atomic E-state index is 9.21. The zero-order chi connectivity index (χ0) is 15.5. The first-order valence-corrected chi connectivity index (χ1v) is 7.83. The van der Waals surface area contributed by atoms with Crippen LogP contribution in [0.2, 0.25) is 0 Å². The number of methoxy groups -OCH3 is 1. The first-order valence-electron chi connectivity index (χ1n) is 7.83. The molecule has 0 amide bonds. The van der Waals surface area contributed by atoms with Crippen LogP contribution in [0.4, 0.5) is 0 Å². The number of aliphatic hydroxyl groups excluding tert-OH is 1. The fourth-order valence-corrected chi connectivity index (χ4v) is 2.70. The summed E-state index contributed by atoms with van der Waals surface area (Å²) in [4.78, 5) is 2.27. The lowest BCUT2D eigenvalue weighted by atomic mass is 9.94. The molecule has 2 N–H and O–H groups in total. The molecule has 0 fully saturated rings. The van der Waals surface area contributed by atoms with Crippen molar-refractivity contribution in [2.75, 3.05) is 46.5 Å². The highest BCUT2D eigenvalue weighted by Gasteiger charge is 2.20. The van der Waals surface area contributed by atoms with E-state index in [0.29, 0.717) is 25.1 Å². The number of rotatable bonds is 11. The third kappa shape index (κ3) is 6.57. The van der Waals surface area contributed by atoms with Crippen molar-refractivity contribution in [3.05, 3.63) is 35.9 Å². The van der Waals surface area contributed by atoms with Gasteiger partial charge < -0.3 is 15.2 Å². The standard InChI is InChI=1S/C17H30N2O2/c1-4-18-17(16-8-6-5-7-9-16)15(2)14-19(10-12-20)11-13-21-3/h5-9,15,17-18,20H,4,10-14H2,1-3H3. The molecule has 4 nitrogen and oxygen atoms in total. The Hall–Kier alpha value is -0.940. The van der Waals surface area contributed by atoms with E-state index in [4.69, 9.17) is 4.74 Å². The molecule has 1 rings (SSSR count). The lowest BCUT2D eigenvalue weighted by Crippen LogP contribution is -2.38. The van der Waals surface area contributed by atoms with Crippen molar-refractivity contribution in [2.24, 2.45) is 5.92 Å². The van der Waals surface area contributed by atoms with Crippen LogP contribution >= 0.6 is 0 Å². The number of nitrogens with one attached hydrogen (secondary N) is 1. The largest absolute Gasteiger partial charge is 0.395 e. The molecular formula is C17H30N2O2. The smallest absolute Gasteiger partial charge is 0.0589 e. The molecule has 2 unspecified atom stereocenters. The van der Waals surface area contributed by atoms with Crippen molar-refractivity contribution in [3.8, 4) is 0 Å². The molecule has 2 atom stereocenters. The molecule has 1 aromatic rings. The Kier molecular flexibility index (Phi) is 9.26. The van der Waals surface area contributed by atoms with Gasteiger partial charge in [0, 0.05) is 32.8 Å². The van der Waals surface area contributed by atoms with Crippen LogP contribution in [-0.2, 0) is 4.74 Å². The summed E-state index contributed by atoms with van der Waals surface area (Å²) in [6.07, 6.45) is 0. The first kappa shape index (κ1) is 18.1. The van der Waals surface area contributed by atoms with Gasteiger partial charge in [-0.05, 0) is 18.0 Å². The van der Waals surface area contributed by atoms with Gasteiger partial charge in [-0.3, -0.25) is 4.90 Å². The molecule has 0 aliphatic rings. The molecule has 0 bridgehead atoms. The number of benzene rings is 1. The van der Waals surface area contributed by atoms with Gasteiger partial charge in [0.15, 0.2) is 0 Å². The van der Waals surface area contributed by atoms with Crippen molar-refractivity contribution in [2.45, 2.75) is 19.9 Å². The van der Waals surface area contributed by atoms with E-state index in [-0.39, 0.29) is 6.61 Å². The summed E-state index contributed by atoms with van der Waals surface area (Å²) in [7, 11) is 1.71. The monoisotopic (exact) mass is 294 g/mol. The molecule has 0 aromatic heterocycles. The average Bonchev–Trinajstić information content (AvgIpc) is 2.51. The van der Waals surface area contributed by atoms with Crippen molar-refractivity contribution in [3.63, 3.8) is 0 Å². The fraction of sp³-hybridized carbons (Fsp3) is 0.647. The Labute approximate surface area is 129 Å². The van der Waals surface area contributed by atoms with Crippen LogP contribution in [-0.4, -0.2) is 56.5 Å². The van der Waals surface area contributed by atoms with E-state index in [9.17, 15) is 5.11 Å². The Bertz CT molecular complexity index is 359. The normalized spacial score (nSPS) is 14.3. The van der Waals surface area contributed by atoms with E-state index in [2.05, 4.69) is 48.3 Å². The van der Waals surface area contributed by atoms with Crippen LogP contribution in [0.25, 0.3) is 0 Å². The lowest BCUT2D eigenvalue weighted by Gasteiger charge is -2.30. The first-order chi connectivity index (χ1) is 10.2. The van der Waals surface area contributed by atoms with Gasteiger partial charge in [-0.25, -0.2) is 0 Å². The van der Waals surface area contributed by atoms with Gasteiger partial charge in [-0.1, -0.05) is 44.2 Å². The average molecular weight is 294 g/mol. The van der Waals surface area contributed by atoms with Gasteiger partial charge in [-0.15, -0.1) is 0 Å². The Morgan fingerprint density at radius 1 is 1.24 bits per heavy atom. The molecule has 0 heterocycles. The maximum Gasteiger partial charge on any atom is 0.0589 e. The minimum Gasteiger partial charge on any atom is -0.395 e. The van der Waals surface area contributed by atoms with E-state index in [1.54, 1.807) is 7.11 Å². The van der Waals surface area contributed by atoms with Gasteiger partial charge in [0.25, 0.3) is 0 Å². The summed E-state index contributed by atoms with van der Waals surface area (Å²) in [6.45, 7) is 8.73. The molecule has 0 saturated heterocycles. The van der Waals surface area contributed by atoms with Gasteiger partial charge in [0.1, 0.15) is 0 Å². The second-order valence-electron chi connectivity index (χ2n) is 5.44. The number of hydrogen-bond donors (Lipinski definition) is 2. The van der Waals surface area contributed by atoms with E-state index in [0.717, 1.165) is 19.6 Å². The number of ether oxygens (including phenoxy) is 1. The molecule has 0 aliphatic heterocycles. The van der Waals surface area contributed by atoms with Crippen molar-refractivity contribution in [1.82, 2.24) is 10.2 Å². The van der Waals surface area contributed by atoms with Crippen LogP contribution in [0, 0.1) is 5.92 Å². The highest BCUT2D eigenvalue weighted by atomic mass is 16.5. The molecule has 0 radical (unpaired) electrons. The Morgan fingerprint density at radius 2 is 1.95 bits per heavy atom. The summed E-state index contributed by atoms with van der Waals surface area (Å²) < 4.78 is 5.15. The van der Waals surface area contributed by atoms with E-state index in [1.165, 1.54) is 5.56 Å². The van der Waals surface area contributed by atoms with Gasteiger partial charge in [-0.2, -0.15) is 0 Å².